The zero-order chi connectivity index (χ0) is 27.8. The van der Waals surface area contributed by atoms with E-state index in [1.165, 1.54) is 11.0 Å². The highest BCUT2D eigenvalue weighted by Crippen LogP contribution is 2.33. The van der Waals surface area contributed by atoms with Gasteiger partial charge in [0.25, 0.3) is 0 Å². The molecule has 12 heteroatoms. The van der Waals surface area contributed by atoms with E-state index in [1.807, 2.05) is 12.1 Å². The number of benzene rings is 1. The number of alkyl halides is 3. The Morgan fingerprint density at radius 3 is 2.23 bits per heavy atom. The molecule has 1 aromatic carbocycles. The maximum absolute atomic E-state index is 13.3. The van der Waals surface area contributed by atoms with E-state index in [1.54, 1.807) is 30.5 Å². The number of likely N-dealkylation sites (tertiary alicyclic amines) is 1. The fourth-order valence-electron chi connectivity index (χ4n) is 5.08. The predicted molar refractivity (Wildman–Crippen MR) is 138 cm³/mol. The summed E-state index contributed by atoms with van der Waals surface area (Å²) < 4.78 is 64.8. The number of nitrogens with one attached hydrogen (secondary N) is 1. The van der Waals surface area contributed by atoms with Crippen LogP contribution >= 0.6 is 0 Å². The molecule has 2 fully saturated rings. The average molecular weight is 561 g/mol. The Morgan fingerprint density at radius 1 is 0.949 bits per heavy atom. The molecular formula is C27H27F3N4O4S. The minimum Gasteiger partial charge on any atom is -0.465 e. The van der Waals surface area contributed by atoms with Gasteiger partial charge < -0.3 is 15.3 Å². The van der Waals surface area contributed by atoms with E-state index >= 15 is 0 Å². The average Bonchev–Trinajstić information content (AvgIpc) is 2.88. The molecule has 0 bridgehead atoms. The van der Waals surface area contributed by atoms with Gasteiger partial charge >= 0.3 is 12.3 Å². The summed E-state index contributed by atoms with van der Waals surface area (Å²) in [6.07, 6.45) is -0.939. The third-order valence-corrected chi connectivity index (χ3v) is 9.70. The minimum atomic E-state index is -4.45. The van der Waals surface area contributed by atoms with Crippen LogP contribution in [0.3, 0.4) is 0 Å². The van der Waals surface area contributed by atoms with Gasteiger partial charge in [-0.1, -0.05) is 12.1 Å². The van der Waals surface area contributed by atoms with Gasteiger partial charge in [-0.05, 0) is 73.2 Å². The number of carbonyl (C=O) groups is 1. The molecule has 2 N–H and O–H groups in total. The highest BCUT2D eigenvalue weighted by atomic mass is 32.2. The number of hydrogen-bond donors (Lipinski definition) is 2. The molecule has 5 rings (SSSR count). The van der Waals surface area contributed by atoms with Crippen LogP contribution in [-0.4, -0.2) is 58.9 Å². The number of carboxylic acid groups (broad SMARTS) is 1. The molecule has 1 aliphatic heterocycles. The number of amides is 1. The van der Waals surface area contributed by atoms with Crippen molar-refractivity contribution in [2.45, 2.75) is 54.0 Å². The molecule has 3 aromatic rings. The van der Waals surface area contributed by atoms with Crippen molar-refractivity contribution in [3.8, 4) is 11.1 Å². The maximum Gasteiger partial charge on any atom is 0.417 e. The van der Waals surface area contributed by atoms with Crippen molar-refractivity contribution in [1.29, 1.82) is 0 Å². The largest absolute Gasteiger partial charge is 0.465 e. The summed E-state index contributed by atoms with van der Waals surface area (Å²) >= 11 is 0. The first-order valence-corrected chi connectivity index (χ1v) is 14.1. The van der Waals surface area contributed by atoms with Gasteiger partial charge in [0.1, 0.15) is 5.82 Å². The zero-order valence-electron chi connectivity index (χ0n) is 20.8. The number of halogens is 3. The van der Waals surface area contributed by atoms with Crippen LogP contribution < -0.4 is 5.32 Å². The van der Waals surface area contributed by atoms with E-state index in [0.29, 0.717) is 44.6 Å². The van der Waals surface area contributed by atoms with Crippen LogP contribution in [-0.2, 0) is 16.0 Å². The predicted octanol–water partition coefficient (Wildman–Crippen LogP) is 5.44. The second kappa shape index (κ2) is 10.5. The minimum absolute atomic E-state index is 0.0420. The van der Waals surface area contributed by atoms with Gasteiger partial charge in [0.15, 0.2) is 9.84 Å². The summed E-state index contributed by atoms with van der Waals surface area (Å²) in [6.45, 7) is 0.809. The summed E-state index contributed by atoms with van der Waals surface area (Å²) in [5, 5.41) is 11.6. The van der Waals surface area contributed by atoms with Gasteiger partial charge in [-0.2, -0.15) is 13.2 Å². The van der Waals surface area contributed by atoms with E-state index in [-0.39, 0.29) is 16.9 Å². The molecule has 1 aliphatic carbocycles. The smallest absolute Gasteiger partial charge is 0.417 e. The molecule has 0 atom stereocenters. The number of nitrogens with zero attached hydrogens (tertiary/aromatic N) is 3. The highest BCUT2D eigenvalue weighted by Gasteiger charge is 2.34. The van der Waals surface area contributed by atoms with Crippen molar-refractivity contribution < 1.29 is 31.5 Å². The van der Waals surface area contributed by atoms with Crippen molar-refractivity contribution >= 4 is 21.7 Å². The monoisotopic (exact) mass is 560 g/mol. The first kappa shape index (κ1) is 26.9. The number of sulfone groups is 1. The Balaban J connectivity index is 1.19. The van der Waals surface area contributed by atoms with Gasteiger partial charge in [0, 0.05) is 43.1 Å². The Morgan fingerprint density at radius 2 is 1.64 bits per heavy atom. The first-order chi connectivity index (χ1) is 18.5. The molecule has 1 saturated heterocycles. The van der Waals surface area contributed by atoms with Crippen LogP contribution in [0.2, 0.25) is 0 Å². The summed E-state index contributed by atoms with van der Waals surface area (Å²) in [4.78, 5) is 20.8. The Labute approximate surface area is 223 Å². The molecule has 0 unspecified atom stereocenters. The van der Waals surface area contributed by atoms with E-state index in [0.717, 1.165) is 29.1 Å². The Kier molecular flexibility index (Phi) is 7.23. The van der Waals surface area contributed by atoms with Crippen molar-refractivity contribution in [3.05, 3.63) is 72.2 Å². The summed E-state index contributed by atoms with van der Waals surface area (Å²) in [6, 6.07) is 12.7. The topological polar surface area (TPSA) is 112 Å². The second-order valence-electron chi connectivity index (χ2n) is 9.97. The highest BCUT2D eigenvalue weighted by molar-refractivity contribution is 7.92. The fourth-order valence-corrected chi connectivity index (χ4v) is 6.87. The number of aromatic nitrogens is 2. The summed E-state index contributed by atoms with van der Waals surface area (Å²) in [7, 11) is -3.55. The molecule has 39 heavy (non-hydrogen) atoms. The Hall–Kier alpha value is -3.67. The zero-order valence-corrected chi connectivity index (χ0v) is 21.6. The molecule has 206 valence electrons. The molecule has 2 aliphatic rings. The Bertz CT molecular complexity index is 1430. The normalized spacial score (nSPS) is 20.3. The molecule has 3 heterocycles. The number of rotatable bonds is 6. The van der Waals surface area contributed by atoms with E-state index in [4.69, 9.17) is 5.11 Å². The van der Waals surface area contributed by atoms with Gasteiger partial charge in [0.2, 0.25) is 0 Å². The van der Waals surface area contributed by atoms with Gasteiger partial charge in [-0.3, -0.25) is 4.98 Å². The van der Waals surface area contributed by atoms with Crippen molar-refractivity contribution in [1.82, 2.24) is 14.9 Å². The van der Waals surface area contributed by atoms with Gasteiger partial charge in [-0.25, -0.2) is 18.2 Å². The standard InChI is InChI=1S/C27H27F3N4O4S/c28-27(29,30)20-3-10-25(32-14-20)33-21-4-8-23(9-5-21)39(37,38)22-6-1-17(2-7-22)18-11-12-31-24(13-18)19-15-34(16-19)26(35)36/h1-3,6-7,10-14,19,21,23H,4-5,8-9,15-16H2,(H,32,33)(H,35,36)/t21-,23-. The number of anilines is 1. The van der Waals surface area contributed by atoms with Crippen LogP contribution in [0.5, 0.6) is 0 Å². The van der Waals surface area contributed by atoms with Crippen LogP contribution in [0.1, 0.15) is 42.9 Å². The molecule has 8 nitrogen and oxygen atoms in total. The lowest BCUT2D eigenvalue weighted by Crippen LogP contribution is -2.48. The van der Waals surface area contributed by atoms with Crippen molar-refractivity contribution in [2.24, 2.45) is 0 Å². The number of hydrogen-bond acceptors (Lipinski definition) is 6. The summed E-state index contributed by atoms with van der Waals surface area (Å²) in [5.41, 5.74) is 1.70. The van der Waals surface area contributed by atoms with Gasteiger partial charge in [0.05, 0.1) is 15.7 Å². The first-order valence-electron chi connectivity index (χ1n) is 12.6. The molecule has 2 aromatic heterocycles. The fraction of sp³-hybridized carbons (Fsp3) is 0.370. The van der Waals surface area contributed by atoms with Gasteiger partial charge in [-0.15, -0.1) is 0 Å². The third kappa shape index (κ3) is 5.85. The van der Waals surface area contributed by atoms with Crippen molar-refractivity contribution in [2.75, 3.05) is 18.4 Å². The van der Waals surface area contributed by atoms with Crippen molar-refractivity contribution in [3.63, 3.8) is 0 Å². The quantitative estimate of drug-likeness (QED) is 0.413. The molecule has 1 saturated carbocycles. The van der Waals surface area contributed by atoms with E-state index in [9.17, 15) is 26.4 Å². The van der Waals surface area contributed by atoms with Crippen LogP contribution in [0.15, 0.2) is 65.8 Å². The SMILES string of the molecule is O=C(O)N1CC(c2cc(-c3ccc(S(=O)(=O)[C@H]4CC[C@H](Nc5ccc(C(F)(F)F)cn5)CC4)cc3)ccn2)C1. The molecular weight excluding hydrogens is 533 g/mol. The lowest BCUT2D eigenvalue weighted by Gasteiger charge is -2.36. The van der Waals surface area contributed by atoms with Crippen LogP contribution in [0, 0.1) is 0 Å². The third-order valence-electron chi connectivity index (χ3n) is 7.42. The lowest BCUT2D eigenvalue weighted by molar-refractivity contribution is -0.137. The van der Waals surface area contributed by atoms with E-state index < -0.39 is 32.9 Å². The maximum atomic E-state index is 13.3. The number of pyridine rings is 2. The summed E-state index contributed by atoms with van der Waals surface area (Å²) in [5.74, 6) is 0.376. The molecule has 0 radical (unpaired) electrons. The van der Waals surface area contributed by atoms with Crippen LogP contribution in [0.25, 0.3) is 11.1 Å². The lowest BCUT2D eigenvalue weighted by atomic mass is 9.94. The molecule has 1 amide bonds. The molecule has 0 spiro atoms. The van der Waals surface area contributed by atoms with E-state index in [2.05, 4.69) is 15.3 Å². The second-order valence-corrected chi connectivity index (χ2v) is 12.2. The van der Waals surface area contributed by atoms with Crippen LogP contribution in [0.4, 0.5) is 23.8 Å².